The monoisotopic (exact) mass is 507 g/mol. The van der Waals surface area contributed by atoms with Crippen LogP contribution in [0.5, 0.6) is 11.5 Å². The Morgan fingerprint density at radius 2 is 1.96 bits per heavy atom. The Morgan fingerprint density at radius 1 is 1.26 bits per heavy atom. The summed E-state index contributed by atoms with van der Waals surface area (Å²) in [5.74, 6) is 2.44. The number of thioether (sulfide) groups is 1. The Labute approximate surface area is 185 Å². The van der Waals surface area contributed by atoms with Gasteiger partial charge in [0.2, 0.25) is 0 Å². The van der Waals surface area contributed by atoms with Crippen LogP contribution in [0.1, 0.15) is 45.1 Å². The molecule has 1 aromatic carbocycles. The number of nitrogens with one attached hydrogen (secondary N) is 2. The maximum absolute atomic E-state index is 6.30. The summed E-state index contributed by atoms with van der Waals surface area (Å²) in [6.07, 6.45) is 7.16. The summed E-state index contributed by atoms with van der Waals surface area (Å²) in [6, 6.07) is 6.05. The van der Waals surface area contributed by atoms with Crippen molar-refractivity contribution in [3.05, 3.63) is 23.8 Å². The third kappa shape index (κ3) is 7.60. The quantitative estimate of drug-likeness (QED) is 0.310. The Hall–Kier alpha value is -0.830. The molecule has 1 saturated carbocycles. The molecule has 27 heavy (non-hydrogen) atoms. The van der Waals surface area contributed by atoms with Gasteiger partial charge in [-0.1, -0.05) is 12.1 Å². The van der Waals surface area contributed by atoms with E-state index in [9.17, 15) is 0 Å². The molecule has 1 fully saturated rings. The number of halogens is 1. The molecular weight excluding hydrogens is 473 g/mol. The average Bonchev–Trinajstić information content (AvgIpc) is 3.16. The molecule has 0 amide bonds. The van der Waals surface area contributed by atoms with Gasteiger partial charge in [0.1, 0.15) is 0 Å². The maximum atomic E-state index is 6.30. The number of ether oxygens (including phenoxy) is 2. The van der Waals surface area contributed by atoms with Crippen LogP contribution in [0.2, 0.25) is 0 Å². The van der Waals surface area contributed by atoms with Gasteiger partial charge in [-0.25, -0.2) is 0 Å². The SMILES string of the molecule is CN=C(NCc1cccc(OC)c1OC1CCCC1)NCC(C)(C)SC.I. The molecule has 1 aliphatic carbocycles. The first-order valence-electron chi connectivity index (χ1n) is 9.31. The maximum Gasteiger partial charge on any atom is 0.191 e. The third-order valence-corrected chi connectivity index (χ3v) is 6.02. The standard InChI is InChI=1S/C20H33N3O2S.HI/c1-20(2,26-5)14-23-19(21-3)22-13-15-9-8-12-17(24-4)18(15)25-16-10-6-7-11-16;/h8-9,12,16H,6-7,10-11,13-14H2,1-5H3,(H2,21,22,23);1H. The van der Waals surface area contributed by atoms with E-state index in [1.165, 1.54) is 12.8 Å². The van der Waals surface area contributed by atoms with Gasteiger partial charge in [-0.15, -0.1) is 24.0 Å². The molecule has 0 atom stereocenters. The summed E-state index contributed by atoms with van der Waals surface area (Å²) in [7, 11) is 3.49. The third-order valence-electron chi connectivity index (χ3n) is 4.77. The van der Waals surface area contributed by atoms with Gasteiger partial charge in [-0.3, -0.25) is 4.99 Å². The highest BCUT2D eigenvalue weighted by Crippen LogP contribution is 2.34. The van der Waals surface area contributed by atoms with Crippen molar-refractivity contribution in [1.82, 2.24) is 10.6 Å². The molecule has 0 unspecified atom stereocenters. The lowest BCUT2D eigenvalue weighted by Gasteiger charge is -2.24. The van der Waals surface area contributed by atoms with Crippen LogP contribution >= 0.6 is 35.7 Å². The van der Waals surface area contributed by atoms with Crippen LogP contribution in [-0.4, -0.2) is 43.8 Å². The highest BCUT2D eigenvalue weighted by molar-refractivity contribution is 14.0. The summed E-state index contributed by atoms with van der Waals surface area (Å²) < 4.78 is 12.0. The lowest BCUT2D eigenvalue weighted by atomic mass is 10.1. The first-order chi connectivity index (χ1) is 12.5. The molecule has 5 nitrogen and oxygen atoms in total. The molecule has 2 N–H and O–H groups in total. The van der Waals surface area contributed by atoms with E-state index in [1.54, 1.807) is 14.2 Å². The number of benzene rings is 1. The Bertz CT molecular complexity index is 605. The van der Waals surface area contributed by atoms with E-state index in [0.29, 0.717) is 12.6 Å². The van der Waals surface area contributed by atoms with Crippen molar-refractivity contribution in [1.29, 1.82) is 0 Å². The molecule has 0 aromatic heterocycles. The van der Waals surface area contributed by atoms with Gasteiger partial charge in [0, 0.05) is 30.4 Å². The molecule has 0 spiro atoms. The Morgan fingerprint density at radius 3 is 2.56 bits per heavy atom. The van der Waals surface area contributed by atoms with Crippen molar-refractivity contribution < 1.29 is 9.47 Å². The molecule has 7 heteroatoms. The highest BCUT2D eigenvalue weighted by atomic mass is 127. The van der Waals surface area contributed by atoms with Crippen LogP contribution < -0.4 is 20.1 Å². The number of hydrogen-bond acceptors (Lipinski definition) is 4. The van der Waals surface area contributed by atoms with Gasteiger partial charge < -0.3 is 20.1 Å². The van der Waals surface area contributed by atoms with E-state index in [4.69, 9.17) is 9.47 Å². The number of rotatable bonds is 8. The minimum Gasteiger partial charge on any atom is -0.493 e. The van der Waals surface area contributed by atoms with Crippen molar-refractivity contribution in [2.24, 2.45) is 4.99 Å². The molecule has 1 aliphatic rings. The molecule has 0 bridgehead atoms. The lowest BCUT2D eigenvalue weighted by molar-refractivity contribution is 0.198. The fraction of sp³-hybridized carbons (Fsp3) is 0.650. The molecule has 0 saturated heterocycles. The largest absolute Gasteiger partial charge is 0.493 e. The second kappa shape index (κ2) is 11.9. The van der Waals surface area contributed by atoms with Crippen molar-refractivity contribution in [3.8, 4) is 11.5 Å². The number of hydrogen-bond donors (Lipinski definition) is 2. The van der Waals surface area contributed by atoms with Crippen LogP contribution in [0, 0.1) is 0 Å². The fourth-order valence-corrected chi connectivity index (χ4v) is 3.15. The van der Waals surface area contributed by atoms with Crippen molar-refractivity contribution in [3.63, 3.8) is 0 Å². The second-order valence-corrected chi connectivity index (χ2v) is 8.73. The zero-order chi connectivity index (χ0) is 19.0. The van der Waals surface area contributed by atoms with Crippen LogP contribution in [0.25, 0.3) is 0 Å². The molecule has 0 radical (unpaired) electrons. The fourth-order valence-electron chi connectivity index (χ4n) is 2.94. The van der Waals surface area contributed by atoms with Gasteiger partial charge in [-0.2, -0.15) is 11.8 Å². The summed E-state index contributed by atoms with van der Waals surface area (Å²) in [4.78, 5) is 4.33. The number of methoxy groups -OCH3 is 1. The van der Waals surface area contributed by atoms with E-state index in [0.717, 1.165) is 42.4 Å². The van der Waals surface area contributed by atoms with Gasteiger partial charge in [0.25, 0.3) is 0 Å². The summed E-state index contributed by atoms with van der Waals surface area (Å²) in [6.45, 7) is 5.91. The Balaban J connectivity index is 0.00000364. The predicted molar refractivity (Wildman–Crippen MR) is 127 cm³/mol. The number of aliphatic imine (C=N–C) groups is 1. The van der Waals surface area contributed by atoms with E-state index in [1.807, 2.05) is 23.9 Å². The van der Waals surface area contributed by atoms with Crippen molar-refractivity contribution >= 4 is 41.7 Å². The molecular formula is C20H34IN3O2S. The number of nitrogens with zero attached hydrogens (tertiary/aromatic N) is 1. The predicted octanol–water partition coefficient (Wildman–Crippen LogP) is 4.44. The normalized spacial score (nSPS) is 15.2. The zero-order valence-corrected chi connectivity index (χ0v) is 20.3. The molecule has 0 aliphatic heterocycles. The zero-order valence-electron chi connectivity index (χ0n) is 17.1. The van der Waals surface area contributed by atoms with Gasteiger partial charge in [-0.05, 0) is 51.9 Å². The summed E-state index contributed by atoms with van der Waals surface area (Å²) in [5, 5.41) is 6.79. The lowest BCUT2D eigenvalue weighted by Crippen LogP contribution is -2.43. The van der Waals surface area contributed by atoms with E-state index >= 15 is 0 Å². The van der Waals surface area contributed by atoms with Crippen molar-refractivity contribution in [2.75, 3.05) is 27.0 Å². The average molecular weight is 507 g/mol. The van der Waals surface area contributed by atoms with E-state index in [2.05, 4.69) is 41.8 Å². The molecule has 1 aromatic rings. The molecule has 154 valence electrons. The van der Waals surface area contributed by atoms with Gasteiger partial charge in [0.05, 0.1) is 13.2 Å². The van der Waals surface area contributed by atoms with Crippen LogP contribution in [0.3, 0.4) is 0 Å². The first-order valence-corrected chi connectivity index (χ1v) is 10.5. The minimum absolute atomic E-state index is 0. The van der Waals surface area contributed by atoms with Crippen molar-refractivity contribution in [2.45, 2.75) is 56.9 Å². The first kappa shape index (κ1) is 24.2. The highest BCUT2D eigenvalue weighted by Gasteiger charge is 2.21. The smallest absolute Gasteiger partial charge is 0.191 e. The molecule has 0 heterocycles. The minimum atomic E-state index is 0. The number of guanidine groups is 1. The van der Waals surface area contributed by atoms with E-state index in [-0.39, 0.29) is 28.7 Å². The van der Waals surface area contributed by atoms with Crippen LogP contribution in [-0.2, 0) is 6.54 Å². The topological polar surface area (TPSA) is 54.9 Å². The van der Waals surface area contributed by atoms with Gasteiger partial charge in [0.15, 0.2) is 17.5 Å². The van der Waals surface area contributed by atoms with E-state index < -0.39 is 0 Å². The molecule has 2 rings (SSSR count). The van der Waals surface area contributed by atoms with Gasteiger partial charge >= 0.3 is 0 Å². The Kier molecular flexibility index (Phi) is 10.7. The summed E-state index contributed by atoms with van der Waals surface area (Å²) >= 11 is 1.84. The number of para-hydroxylation sites is 1. The van der Waals surface area contributed by atoms with Crippen LogP contribution in [0.15, 0.2) is 23.2 Å². The second-order valence-electron chi connectivity index (χ2n) is 7.22. The summed E-state index contributed by atoms with van der Waals surface area (Å²) in [5.41, 5.74) is 1.09. The van der Waals surface area contributed by atoms with Crippen LogP contribution in [0.4, 0.5) is 0 Å².